The Morgan fingerprint density at radius 1 is 1.20 bits per heavy atom. The normalized spacial score (nSPS) is 24.9. The van der Waals surface area contributed by atoms with Crippen molar-refractivity contribution in [2.24, 2.45) is 0 Å². The summed E-state index contributed by atoms with van der Waals surface area (Å²) in [7, 11) is 4.30. The minimum absolute atomic E-state index is 0.153. The van der Waals surface area contributed by atoms with Crippen LogP contribution in [-0.2, 0) is 6.42 Å². The Balaban J connectivity index is 1.85. The van der Waals surface area contributed by atoms with Gasteiger partial charge < -0.3 is 10.2 Å². The van der Waals surface area contributed by atoms with Crippen molar-refractivity contribution in [3.05, 3.63) is 35.6 Å². The number of hydrogen-bond acceptors (Lipinski definition) is 2. The molecule has 1 aliphatic carbocycles. The number of nitrogens with zero attached hydrogens (tertiary/aromatic N) is 1. The van der Waals surface area contributed by atoms with E-state index in [9.17, 15) is 4.39 Å². The first-order valence-corrected chi connectivity index (χ1v) is 7.73. The van der Waals surface area contributed by atoms with Gasteiger partial charge in [0, 0.05) is 18.1 Å². The second kappa shape index (κ2) is 7.19. The molecule has 1 N–H and O–H groups in total. The van der Waals surface area contributed by atoms with Gasteiger partial charge in [-0.3, -0.25) is 0 Å². The molecule has 112 valence electrons. The van der Waals surface area contributed by atoms with Crippen LogP contribution in [0.4, 0.5) is 4.39 Å². The van der Waals surface area contributed by atoms with Gasteiger partial charge in [0.1, 0.15) is 5.82 Å². The summed E-state index contributed by atoms with van der Waals surface area (Å²) in [6.07, 6.45) is 6.08. The Labute approximate surface area is 122 Å². The van der Waals surface area contributed by atoms with Crippen molar-refractivity contribution in [2.75, 3.05) is 14.1 Å². The maximum absolute atomic E-state index is 12.9. The fraction of sp³-hybridized carbons (Fsp3) is 0.647. The lowest BCUT2D eigenvalue weighted by Gasteiger charge is -2.38. The number of rotatable bonds is 5. The average molecular weight is 278 g/mol. The highest BCUT2D eigenvalue weighted by molar-refractivity contribution is 5.17. The van der Waals surface area contributed by atoms with Gasteiger partial charge in [-0.25, -0.2) is 4.39 Å². The molecule has 1 fully saturated rings. The minimum Gasteiger partial charge on any atom is -0.317 e. The lowest BCUT2D eigenvalue weighted by atomic mass is 9.89. The third kappa shape index (κ3) is 4.03. The van der Waals surface area contributed by atoms with Crippen molar-refractivity contribution < 1.29 is 4.39 Å². The van der Waals surface area contributed by atoms with E-state index in [1.165, 1.54) is 31.2 Å². The summed E-state index contributed by atoms with van der Waals surface area (Å²) in [6, 6.07) is 8.80. The number of halogens is 1. The predicted molar refractivity (Wildman–Crippen MR) is 82.4 cm³/mol. The Morgan fingerprint density at radius 2 is 1.80 bits per heavy atom. The highest BCUT2D eigenvalue weighted by Gasteiger charge is 2.25. The minimum atomic E-state index is -0.153. The van der Waals surface area contributed by atoms with Gasteiger partial charge in [0.15, 0.2) is 0 Å². The van der Waals surface area contributed by atoms with Gasteiger partial charge in [0.2, 0.25) is 0 Å². The third-order valence-corrected chi connectivity index (χ3v) is 4.82. The van der Waals surface area contributed by atoms with E-state index in [1.807, 2.05) is 12.1 Å². The molecule has 1 atom stereocenters. The molecule has 0 bridgehead atoms. The topological polar surface area (TPSA) is 15.3 Å². The lowest BCUT2D eigenvalue weighted by Crippen LogP contribution is -2.44. The molecular formula is C17H27FN2. The van der Waals surface area contributed by atoms with Gasteiger partial charge in [-0.2, -0.15) is 0 Å². The Hall–Kier alpha value is -0.930. The molecule has 1 aromatic rings. The van der Waals surface area contributed by atoms with E-state index in [0.717, 1.165) is 6.42 Å². The SMILES string of the molecule is CNC1CCC(N(C)C(C)Cc2ccc(F)cc2)CC1. The van der Waals surface area contributed by atoms with Crippen molar-refractivity contribution in [3.8, 4) is 0 Å². The molecule has 0 saturated heterocycles. The smallest absolute Gasteiger partial charge is 0.123 e. The van der Waals surface area contributed by atoms with Crippen LogP contribution < -0.4 is 5.32 Å². The molecule has 0 amide bonds. The second-order valence-corrected chi connectivity index (χ2v) is 6.14. The molecule has 0 radical (unpaired) electrons. The fourth-order valence-electron chi connectivity index (χ4n) is 3.24. The quantitative estimate of drug-likeness (QED) is 0.889. The molecule has 2 nitrogen and oxygen atoms in total. The van der Waals surface area contributed by atoms with E-state index in [4.69, 9.17) is 0 Å². The Morgan fingerprint density at radius 3 is 2.35 bits per heavy atom. The molecule has 0 spiro atoms. The van der Waals surface area contributed by atoms with Crippen LogP contribution >= 0.6 is 0 Å². The van der Waals surface area contributed by atoms with Crippen molar-refractivity contribution in [1.29, 1.82) is 0 Å². The molecule has 2 rings (SSSR count). The van der Waals surface area contributed by atoms with E-state index in [-0.39, 0.29) is 5.82 Å². The molecular weight excluding hydrogens is 251 g/mol. The summed E-state index contributed by atoms with van der Waals surface area (Å²) in [4.78, 5) is 2.51. The van der Waals surface area contributed by atoms with Crippen molar-refractivity contribution in [3.63, 3.8) is 0 Å². The highest BCUT2D eigenvalue weighted by Crippen LogP contribution is 2.24. The molecule has 0 aliphatic heterocycles. The van der Waals surface area contributed by atoms with E-state index in [2.05, 4.69) is 31.2 Å². The molecule has 1 unspecified atom stereocenters. The maximum atomic E-state index is 12.9. The van der Waals surface area contributed by atoms with Crippen LogP contribution in [0.5, 0.6) is 0 Å². The van der Waals surface area contributed by atoms with Crippen LogP contribution in [0, 0.1) is 5.82 Å². The van der Waals surface area contributed by atoms with Crippen molar-refractivity contribution >= 4 is 0 Å². The van der Waals surface area contributed by atoms with Gasteiger partial charge in [0.25, 0.3) is 0 Å². The highest BCUT2D eigenvalue weighted by atomic mass is 19.1. The second-order valence-electron chi connectivity index (χ2n) is 6.14. The largest absolute Gasteiger partial charge is 0.317 e. The zero-order chi connectivity index (χ0) is 14.5. The molecule has 3 heteroatoms. The van der Waals surface area contributed by atoms with Crippen LogP contribution in [0.3, 0.4) is 0 Å². The van der Waals surface area contributed by atoms with E-state index in [1.54, 1.807) is 12.1 Å². The van der Waals surface area contributed by atoms with Gasteiger partial charge in [-0.05, 0) is 70.8 Å². The van der Waals surface area contributed by atoms with Crippen molar-refractivity contribution in [1.82, 2.24) is 10.2 Å². The van der Waals surface area contributed by atoms with Gasteiger partial charge in [0.05, 0.1) is 0 Å². The summed E-state index contributed by atoms with van der Waals surface area (Å²) in [6.45, 7) is 2.27. The monoisotopic (exact) mass is 278 g/mol. The fourth-order valence-corrected chi connectivity index (χ4v) is 3.24. The first-order chi connectivity index (χ1) is 9.60. The van der Waals surface area contributed by atoms with Crippen LogP contribution in [-0.4, -0.2) is 37.1 Å². The number of nitrogens with one attached hydrogen (secondary N) is 1. The third-order valence-electron chi connectivity index (χ3n) is 4.82. The summed E-state index contributed by atoms with van der Waals surface area (Å²) in [5, 5.41) is 3.38. The zero-order valence-corrected chi connectivity index (χ0v) is 12.9. The van der Waals surface area contributed by atoms with E-state index in [0.29, 0.717) is 18.1 Å². The summed E-state index contributed by atoms with van der Waals surface area (Å²) < 4.78 is 12.9. The molecule has 1 aromatic carbocycles. The van der Waals surface area contributed by atoms with Crippen LogP contribution in [0.15, 0.2) is 24.3 Å². The summed E-state index contributed by atoms with van der Waals surface area (Å²) in [5.41, 5.74) is 1.22. The molecule has 1 saturated carbocycles. The Kier molecular flexibility index (Phi) is 5.55. The van der Waals surface area contributed by atoms with E-state index >= 15 is 0 Å². The average Bonchev–Trinajstić information content (AvgIpc) is 2.49. The van der Waals surface area contributed by atoms with Crippen LogP contribution in [0.1, 0.15) is 38.2 Å². The van der Waals surface area contributed by atoms with Gasteiger partial charge in [-0.1, -0.05) is 12.1 Å². The zero-order valence-electron chi connectivity index (χ0n) is 12.9. The predicted octanol–water partition coefficient (Wildman–Crippen LogP) is 3.22. The van der Waals surface area contributed by atoms with Gasteiger partial charge in [-0.15, -0.1) is 0 Å². The molecule has 0 heterocycles. The standard InChI is InChI=1S/C17H27FN2/c1-13(12-14-4-6-15(18)7-5-14)20(3)17-10-8-16(19-2)9-11-17/h4-7,13,16-17,19H,8-12H2,1-3H3. The van der Waals surface area contributed by atoms with Crippen molar-refractivity contribution in [2.45, 2.75) is 57.2 Å². The van der Waals surface area contributed by atoms with Crippen LogP contribution in [0.25, 0.3) is 0 Å². The molecule has 20 heavy (non-hydrogen) atoms. The lowest BCUT2D eigenvalue weighted by molar-refractivity contribution is 0.135. The maximum Gasteiger partial charge on any atom is 0.123 e. The number of hydrogen-bond donors (Lipinski definition) is 1. The molecule has 1 aliphatic rings. The first-order valence-electron chi connectivity index (χ1n) is 7.73. The Bertz CT molecular complexity index is 396. The number of benzene rings is 1. The number of likely N-dealkylation sites (N-methyl/N-ethyl adjacent to an activating group) is 1. The molecule has 0 aromatic heterocycles. The van der Waals surface area contributed by atoms with Crippen LogP contribution in [0.2, 0.25) is 0 Å². The first kappa shape index (κ1) is 15.5. The van der Waals surface area contributed by atoms with E-state index < -0.39 is 0 Å². The summed E-state index contributed by atoms with van der Waals surface area (Å²) >= 11 is 0. The van der Waals surface area contributed by atoms with Gasteiger partial charge >= 0.3 is 0 Å². The summed E-state index contributed by atoms with van der Waals surface area (Å²) in [5.74, 6) is -0.153.